The van der Waals surface area contributed by atoms with Crippen molar-refractivity contribution >= 4 is 11.8 Å². The Kier molecular flexibility index (Phi) is 4.46. The molecule has 0 spiro atoms. The minimum absolute atomic E-state index is 0.0249. The molecule has 1 aromatic heterocycles. The lowest BCUT2D eigenvalue weighted by atomic mass is 9.95. The van der Waals surface area contributed by atoms with Crippen molar-refractivity contribution in [3.05, 3.63) is 29.1 Å². The minimum atomic E-state index is -0.254. The Morgan fingerprint density at radius 3 is 2.56 bits per heavy atom. The van der Waals surface area contributed by atoms with Crippen LogP contribution in [0, 0.1) is 12.8 Å². The van der Waals surface area contributed by atoms with Crippen molar-refractivity contribution in [2.24, 2.45) is 5.92 Å². The van der Waals surface area contributed by atoms with Gasteiger partial charge in [-0.2, -0.15) is 0 Å². The third-order valence-corrected chi connectivity index (χ3v) is 5.61. The third kappa shape index (κ3) is 3.27. The van der Waals surface area contributed by atoms with E-state index in [1.165, 1.54) is 5.56 Å². The SMILES string of the molecule is Cc1cc2c(cn1)CN(C(=O)C1CCN(C(=O)C3CCCO3)CC1)C2. The van der Waals surface area contributed by atoms with Crippen molar-refractivity contribution in [1.82, 2.24) is 14.8 Å². The zero-order valence-electron chi connectivity index (χ0n) is 14.7. The maximum atomic E-state index is 12.9. The van der Waals surface area contributed by atoms with Gasteiger partial charge >= 0.3 is 0 Å². The normalized spacial score (nSPS) is 23.8. The van der Waals surface area contributed by atoms with Gasteiger partial charge in [0.15, 0.2) is 0 Å². The molecule has 0 bridgehead atoms. The number of ether oxygens (including phenoxy) is 1. The van der Waals surface area contributed by atoms with Crippen LogP contribution in [-0.4, -0.2) is 52.4 Å². The van der Waals surface area contributed by atoms with Crippen LogP contribution < -0.4 is 0 Å². The summed E-state index contributed by atoms with van der Waals surface area (Å²) >= 11 is 0. The molecule has 3 aliphatic heterocycles. The number of pyridine rings is 1. The van der Waals surface area contributed by atoms with Crippen molar-refractivity contribution in [2.45, 2.75) is 51.8 Å². The van der Waals surface area contributed by atoms with Crippen LogP contribution in [0.15, 0.2) is 12.3 Å². The van der Waals surface area contributed by atoms with Gasteiger partial charge in [0, 0.05) is 50.6 Å². The van der Waals surface area contributed by atoms with E-state index in [0.717, 1.165) is 36.9 Å². The number of aromatic nitrogens is 1. The lowest BCUT2D eigenvalue weighted by Gasteiger charge is -2.34. The summed E-state index contributed by atoms with van der Waals surface area (Å²) in [5, 5.41) is 0. The van der Waals surface area contributed by atoms with Crippen molar-refractivity contribution < 1.29 is 14.3 Å². The van der Waals surface area contributed by atoms with Crippen LogP contribution >= 0.6 is 0 Å². The molecule has 4 rings (SSSR count). The van der Waals surface area contributed by atoms with E-state index in [4.69, 9.17) is 4.74 Å². The van der Waals surface area contributed by atoms with Gasteiger partial charge in [0.2, 0.25) is 5.91 Å². The second-order valence-corrected chi connectivity index (χ2v) is 7.39. The fourth-order valence-corrected chi connectivity index (χ4v) is 4.14. The number of piperidine rings is 1. The van der Waals surface area contributed by atoms with Crippen LogP contribution in [0.2, 0.25) is 0 Å². The molecule has 2 amide bonds. The minimum Gasteiger partial charge on any atom is -0.368 e. The molecule has 134 valence electrons. The Bertz CT molecular complexity index is 676. The topological polar surface area (TPSA) is 62.7 Å². The summed E-state index contributed by atoms with van der Waals surface area (Å²) in [6.07, 6.45) is 4.94. The first kappa shape index (κ1) is 16.5. The summed E-state index contributed by atoms with van der Waals surface area (Å²) in [7, 11) is 0. The smallest absolute Gasteiger partial charge is 0.251 e. The van der Waals surface area contributed by atoms with Gasteiger partial charge in [-0.3, -0.25) is 14.6 Å². The Morgan fingerprint density at radius 1 is 1.08 bits per heavy atom. The van der Waals surface area contributed by atoms with Gasteiger partial charge in [-0.25, -0.2) is 0 Å². The fourth-order valence-electron chi connectivity index (χ4n) is 4.14. The number of nitrogens with zero attached hydrogens (tertiary/aromatic N) is 3. The van der Waals surface area contributed by atoms with E-state index < -0.39 is 0 Å². The number of carbonyl (C=O) groups excluding carboxylic acids is 2. The van der Waals surface area contributed by atoms with Crippen molar-refractivity contribution in [3.63, 3.8) is 0 Å². The van der Waals surface area contributed by atoms with Gasteiger partial charge in [-0.15, -0.1) is 0 Å². The Hall–Kier alpha value is -1.95. The summed E-state index contributed by atoms with van der Waals surface area (Å²) in [6, 6.07) is 2.07. The molecule has 0 N–H and O–H groups in total. The molecule has 6 nitrogen and oxygen atoms in total. The molecular formula is C19H25N3O3. The average molecular weight is 343 g/mol. The summed E-state index contributed by atoms with van der Waals surface area (Å²) in [6.45, 7) is 5.34. The maximum absolute atomic E-state index is 12.9. The zero-order chi connectivity index (χ0) is 17.4. The molecule has 6 heteroatoms. The molecule has 1 aromatic rings. The van der Waals surface area contributed by atoms with E-state index in [2.05, 4.69) is 11.1 Å². The number of rotatable bonds is 2. The first-order chi connectivity index (χ1) is 12.1. The van der Waals surface area contributed by atoms with Gasteiger partial charge in [-0.1, -0.05) is 0 Å². The van der Waals surface area contributed by atoms with E-state index in [9.17, 15) is 9.59 Å². The summed E-state index contributed by atoms with van der Waals surface area (Å²) in [5.74, 6) is 0.355. The van der Waals surface area contributed by atoms with Crippen LogP contribution in [0.5, 0.6) is 0 Å². The molecule has 3 aliphatic rings. The number of hydrogen-bond donors (Lipinski definition) is 0. The fraction of sp³-hybridized carbons (Fsp3) is 0.632. The molecular weight excluding hydrogens is 318 g/mol. The summed E-state index contributed by atoms with van der Waals surface area (Å²) < 4.78 is 5.50. The Morgan fingerprint density at radius 2 is 1.84 bits per heavy atom. The van der Waals surface area contributed by atoms with Crippen LogP contribution in [0.4, 0.5) is 0 Å². The number of fused-ring (bicyclic) bond motifs is 1. The van der Waals surface area contributed by atoms with Gasteiger partial charge in [0.25, 0.3) is 5.91 Å². The highest BCUT2D eigenvalue weighted by Crippen LogP contribution is 2.28. The first-order valence-electron chi connectivity index (χ1n) is 9.25. The monoisotopic (exact) mass is 343 g/mol. The lowest BCUT2D eigenvalue weighted by molar-refractivity contribution is -0.146. The molecule has 1 atom stereocenters. The van der Waals surface area contributed by atoms with Gasteiger partial charge in [0.05, 0.1) is 0 Å². The van der Waals surface area contributed by atoms with E-state index >= 15 is 0 Å². The molecule has 1 unspecified atom stereocenters. The summed E-state index contributed by atoms with van der Waals surface area (Å²) in [4.78, 5) is 33.4. The number of hydrogen-bond acceptors (Lipinski definition) is 4. The van der Waals surface area contributed by atoms with E-state index in [-0.39, 0.29) is 23.8 Å². The van der Waals surface area contributed by atoms with Crippen LogP contribution in [0.3, 0.4) is 0 Å². The second-order valence-electron chi connectivity index (χ2n) is 7.39. The first-order valence-corrected chi connectivity index (χ1v) is 9.25. The lowest BCUT2D eigenvalue weighted by Crippen LogP contribution is -2.46. The van der Waals surface area contributed by atoms with Gasteiger partial charge in [0.1, 0.15) is 6.10 Å². The number of likely N-dealkylation sites (tertiary alicyclic amines) is 1. The summed E-state index contributed by atoms with van der Waals surface area (Å²) in [5.41, 5.74) is 3.37. The molecule has 0 aromatic carbocycles. The highest BCUT2D eigenvalue weighted by molar-refractivity contribution is 5.82. The highest BCUT2D eigenvalue weighted by Gasteiger charge is 2.35. The van der Waals surface area contributed by atoms with Crippen molar-refractivity contribution in [2.75, 3.05) is 19.7 Å². The standard InChI is InChI=1S/C19H25N3O3/c1-13-9-15-11-22(12-16(15)10-20-13)18(23)14-4-6-21(7-5-14)19(24)17-3-2-8-25-17/h9-10,14,17H,2-8,11-12H2,1H3. The maximum Gasteiger partial charge on any atom is 0.251 e. The zero-order valence-corrected chi connectivity index (χ0v) is 14.7. The van der Waals surface area contributed by atoms with Gasteiger partial charge < -0.3 is 14.5 Å². The Labute approximate surface area is 148 Å². The predicted molar refractivity (Wildman–Crippen MR) is 91.5 cm³/mol. The number of amides is 2. The van der Waals surface area contributed by atoms with Gasteiger partial charge in [-0.05, 0) is 49.8 Å². The number of carbonyl (C=O) groups is 2. The molecule has 0 aliphatic carbocycles. The van der Waals surface area contributed by atoms with Crippen LogP contribution in [-0.2, 0) is 27.4 Å². The molecule has 2 saturated heterocycles. The van der Waals surface area contributed by atoms with E-state index in [0.29, 0.717) is 32.8 Å². The molecule has 0 saturated carbocycles. The quantitative estimate of drug-likeness (QED) is 0.819. The highest BCUT2D eigenvalue weighted by atomic mass is 16.5. The van der Waals surface area contributed by atoms with E-state index in [1.54, 1.807) is 0 Å². The van der Waals surface area contributed by atoms with Crippen molar-refractivity contribution in [3.8, 4) is 0 Å². The van der Waals surface area contributed by atoms with Crippen LogP contribution in [0.1, 0.15) is 42.5 Å². The molecule has 0 radical (unpaired) electrons. The molecule has 25 heavy (non-hydrogen) atoms. The number of aryl methyl sites for hydroxylation is 1. The molecule has 4 heterocycles. The Balaban J connectivity index is 1.32. The third-order valence-electron chi connectivity index (χ3n) is 5.61. The van der Waals surface area contributed by atoms with E-state index in [1.807, 2.05) is 22.9 Å². The second kappa shape index (κ2) is 6.75. The average Bonchev–Trinajstić information content (AvgIpc) is 3.30. The van der Waals surface area contributed by atoms with Crippen LogP contribution in [0.25, 0.3) is 0 Å². The van der Waals surface area contributed by atoms with Crippen molar-refractivity contribution in [1.29, 1.82) is 0 Å². The predicted octanol–water partition coefficient (Wildman–Crippen LogP) is 1.65. The molecule has 2 fully saturated rings. The largest absolute Gasteiger partial charge is 0.368 e.